The first-order valence-corrected chi connectivity index (χ1v) is 6.79. The lowest BCUT2D eigenvalue weighted by atomic mass is 10.2. The molecular weight excluding hydrogens is 332 g/mol. The fourth-order valence-electron chi connectivity index (χ4n) is 1.59. The fourth-order valence-corrected chi connectivity index (χ4v) is 2.02. The van der Waals surface area contributed by atoms with Crippen molar-refractivity contribution in [1.82, 2.24) is 10.2 Å². The van der Waals surface area contributed by atoms with Crippen molar-refractivity contribution in [2.24, 2.45) is 0 Å². The molecule has 19 heavy (non-hydrogen) atoms. The van der Waals surface area contributed by atoms with Gasteiger partial charge in [0.2, 0.25) is 0 Å². The number of carbonyl (C=O) groups excluding carboxylic acids is 1. The van der Waals surface area contributed by atoms with E-state index in [1.807, 2.05) is 6.92 Å². The number of nitrogen functional groups attached to an aromatic ring is 1. The first-order chi connectivity index (χ1) is 9.02. The summed E-state index contributed by atoms with van der Waals surface area (Å²) in [6.45, 7) is 1.93. The van der Waals surface area contributed by atoms with Crippen LogP contribution in [0.3, 0.4) is 0 Å². The third-order valence-corrected chi connectivity index (χ3v) is 3.86. The lowest BCUT2D eigenvalue weighted by molar-refractivity contribution is 0.102. The van der Waals surface area contributed by atoms with E-state index in [2.05, 4.69) is 31.4 Å². The maximum Gasteiger partial charge on any atom is 0.278 e. The molecule has 2 aromatic rings. The molecule has 0 spiro atoms. The summed E-state index contributed by atoms with van der Waals surface area (Å²) >= 11 is 9.24. The molecule has 0 fully saturated rings. The number of nitrogens with two attached hydrogens (primary N) is 1. The van der Waals surface area contributed by atoms with E-state index in [0.29, 0.717) is 22.8 Å². The molecule has 2 rings (SSSR count). The third-order valence-electron chi connectivity index (χ3n) is 2.63. The highest BCUT2D eigenvalue weighted by Gasteiger charge is 2.16. The van der Waals surface area contributed by atoms with Gasteiger partial charge in [0, 0.05) is 10.2 Å². The molecule has 0 saturated heterocycles. The molecule has 1 amide bonds. The number of carbonyl (C=O) groups is 1. The molecule has 0 saturated carbocycles. The number of nitrogens with zero attached hydrogens (tertiary/aromatic N) is 1. The molecule has 1 heterocycles. The van der Waals surface area contributed by atoms with Gasteiger partial charge < -0.3 is 11.1 Å². The number of anilines is 2. The smallest absolute Gasteiger partial charge is 0.278 e. The Morgan fingerprint density at radius 2 is 2.32 bits per heavy atom. The van der Waals surface area contributed by atoms with Crippen LogP contribution in [0.1, 0.15) is 23.1 Å². The largest absolute Gasteiger partial charge is 0.395 e. The molecular formula is C12H12BrClN4O. The number of halogens is 2. The van der Waals surface area contributed by atoms with Crippen LogP contribution in [-0.2, 0) is 6.42 Å². The summed E-state index contributed by atoms with van der Waals surface area (Å²) in [5.74, 6) is -0.369. The van der Waals surface area contributed by atoms with Gasteiger partial charge in [0.05, 0.1) is 16.4 Å². The molecule has 0 radical (unpaired) electrons. The number of H-pyrrole nitrogens is 1. The molecule has 0 aliphatic rings. The van der Waals surface area contributed by atoms with E-state index in [4.69, 9.17) is 17.3 Å². The van der Waals surface area contributed by atoms with Crippen molar-refractivity contribution >= 4 is 44.8 Å². The van der Waals surface area contributed by atoms with E-state index in [1.54, 1.807) is 18.2 Å². The van der Waals surface area contributed by atoms with Crippen LogP contribution in [0.2, 0.25) is 5.02 Å². The van der Waals surface area contributed by atoms with Crippen LogP contribution in [0, 0.1) is 0 Å². The Morgan fingerprint density at radius 1 is 1.58 bits per heavy atom. The number of benzene rings is 1. The quantitative estimate of drug-likeness (QED) is 0.800. The Kier molecular flexibility index (Phi) is 4.11. The van der Waals surface area contributed by atoms with Crippen molar-refractivity contribution < 1.29 is 4.79 Å². The number of aromatic nitrogens is 2. The summed E-state index contributed by atoms with van der Waals surface area (Å²) in [6, 6.07) is 5.13. The van der Waals surface area contributed by atoms with Crippen molar-refractivity contribution in [3.05, 3.63) is 39.1 Å². The Hall–Kier alpha value is -1.53. The molecule has 0 unspecified atom stereocenters. The summed E-state index contributed by atoms with van der Waals surface area (Å²) in [5, 5.41) is 9.87. The SMILES string of the molecule is CCc1[nH]nc(C(=O)Nc2ccc(Br)c(Cl)c2)c1N. The van der Waals surface area contributed by atoms with E-state index in [9.17, 15) is 4.79 Å². The zero-order valence-electron chi connectivity index (χ0n) is 10.1. The summed E-state index contributed by atoms with van der Waals surface area (Å²) in [6.07, 6.45) is 0.691. The molecule has 5 nitrogen and oxygen atoms in total. The molecule has 0 aliphatic carbocycles. The monoisotopic (exact) mass is 342 g/mol. The Bertz CT molecular complexity index is 626. The minimum Gasteiger partial charge on any atom is -0.395 e. The lowest BCUT2D eigenvalue weighted by Gasteiger charge is -2.05. The number of aryl methyl sites for hydroxylation is 1. The number of aromatic amines is 1. The second-order valence-electron chi connectivity index (χ2n) is 3.90. The van der Waals surface area contributed by atoms with Gasteiger partial charge in [-0.1, -0.05) is 18.5 Å². The van der Waals surface area contributed by atoms with E-state index < -0.39 is 0 Å². The van der Waals surface area contributed by atoms with Gasteiger partial charge in [-0.3, -0.25) is 9.89 Å². The fraction of sp³-hybridized carbons (Fsp3) is 0.167. The number of amides is 1. The van der Waals surface area contributed by atoms with Gasteiger partial charge in [0.15, 0.2) is 5.69 Å². The van der Waals surface area contributed by atoms with Gasteiger partial charge >= 0.3 is 0 Å². The van der Waals surface area contributed by atoms with Crippen LogP contribution < -0.4 is 11.1 Å². The lowest BCUT2D eigenvalue weighted by Crippen LogP contribution is -2.14. The predicted octanol–water partition coefficient (Wildman–Crippen LogP) is 3.22. The number of hydrogen-bond acceptors (Lipinski definition) is 3. The molecule has 0 atom stereocenters. The Morgan fingerprint density at radius 3 is 2.89 bits per heavy atom. The maximum absolute atomic E-state index is 12.0. The highest BCUT2D eigenvalue weighted by molar-refractivity contribution is 9.10. The molecule has 4 N–H and O–H groups in total. The molecule has 1 aromatic heterocycles. The molecule has 100 valence electrons. The summed E-state index contributed by atoms with van der Waals surface area (Å²) in [5.41, 5.74) is 7.73. The zero-order valence-corrected chi connectivity index (χ0v) is 12.5. The maximum atomic E-state index is 12.0. The topological polar surface area (TPSA) is 83.8 Å². The van der Waals surface area contributed by atoms with Crippen molar-refractivity contribution in [2.75, 3.05) is 11.1 Å². The predicted molar refractivity (Wildman–Crippen MR) is 79.5 cm³/mol. The molecule has 0 bridgehead atoms. The van der Waals surface area contributed by atoms with Gasteiger partial charge in [-0.05, 0) is 40.5 Å². The highest BCUT2D eigenvalue weighted by Crippen LogP contribution is 2.26. The van der Waals surface area contributed by atoms with Crippen LogP contribution in [0.25, 0.3) is 0 Å². The standard InChI is InChI=1S/C12H12BrClN4O/c1-2-9-10(15)11(18-17-9)12(19)16-6-3-4-7(13)8(14)5-6/h3-5H,2,15H2,1H3,(H,16,19)(H,17,18). The average molecular weight is 344 g/mol. The zero-order chi connectivity index (χ0) is 14.0. The first kappa shape index (κ1) is 13.9. The van der Waals surface area contributed by atoms with E-state index >= 15 is 0 Å². The van der Waals surface area contributed by atoms with E-state index in [-0.39, 0.29) is 11.6 Å². The molecule has 0 aliphatic heterocycles. The van der Waals surface area contributed by atoms with Gasteiger partial charge in [-0.15, -0.1) is 0 Å². The van der Waals surface area contributed by atoms with Crippen LogP contribution >= 0.6 is 27.5 Å². The van der Waals surface area contributed by atoms with Crippen LogP contribution in [0.15, 0.2) is 22.7 Å². The number of nitrogens with one attached hydrogen (secondary N) is 2. The van der Waals surface area contributed by atoms with Gasteiger partial charge in [0.1, 0.15) is 0 Å². The third kappa shape index (κ3) is 2.90. The van der Waals surface area contributed by atoms with Crippen LogP contribution in [-0.4, -0.2) is 16.1 Å². The van der Waals surface area contributed by atoms with E-state index in [1.165, 1.54) is 0 Å². The minimum absolute atomic E-state index is 0.191. The van der Waals surface area contributed by atoms with Crippen molar-refractivity contribution in [1.29, 1.82) is 0 Å². The average Bonchev–Trinajstić information content (AvgIpc) is 2.75. The highest BCUT2D eigenvalue weighted by atomic mass is 79.9. The second-order valence-corrected chi connectivity index (χ2v) is 5.16. The van der Waals surface area contributed by atoms with Gasteiger partial charge in [0.25, 0.3) is 5.91 Å². The Balaban J connectivity index is 2.20. The molecule has 1 aromatic carbocycles. The van der Waals surface area contributed by atoms with Crippen LogP contribution in [0.4, 0.5) is 11.4 Å². The van der Waals surface area contributed by atoms with E-state index in [0.717, 1.165) is 10.2 Å². The van der Waals surface area contributed by atoms with Gasteiger partial charge in [-0.25, -0.2) is 0 Å². The van der Waals surface area contributed by atoms with Crippen molar-refractivity contribution in [3.63, 3.8) is 0 Å². The van der Waals surface area contributed by atoms with Gasteiger partial charge in [-0.2, -0.15) is 5.10 Å². The molecule has 7 heteroatoms. The Labute approximate surface area is 123 Å². The normalized spacial score (nSPS) is 10.5. The minimum atomic E-state index is -0.369. The first-order valence-electron chi connectivity index (χ1n) is 5.62. The summed E-state index contributed by atoms with van der Waals surface area (Å²) in [7, 11) is 0. The second kappa shape index (κ2) is 5.63. The van der Waals surface area contributed by atoms with Crippen molar-refractivity contribution in [2.45, 2.75) is 13.3 Å². The number of rotatable bonds is 3. The van der Waals surface area contributed by atoms with Crippen LogP contribution in [0.5, 0.6) is 0 Å². The summed E-state index contributed by atoms with van der Waals surface area (Å²) in [4.78, 5) is 12.0. The summed E-state index contributed by atoms with van der Waals surface area (Å²) < 4.78 is 0.764. The number of hydrogen-bond donors (Lipinski definition) is 3. The van der Waals surface area contributed by atoms with Crippen molar-refractivity contribution in [3.8, 4) is 0 Å².